The lowest BCUT2D eigenvalue weighted by Crippen LogP contribution is -1.86. The van der Waals surface area contributed by atoms with Gasteiger partial charge < -0.3 is 0 Å². The van der Waals surface area contributed by atoms with Crippen LogP contribution in [0.2, 0.25) is 0 Å². The molecular weight excluding hydrogens is 158 g/mol. The van der Waals surface area contributed by atoms with Gasteiger partial charge >= 0.3 is 0 Å². The Labute approximate surface area is 80.5 Å². The van der Waals surface area contributed by atoms with Gasteiger partial charge in [0.1, 0.15) is 0 Å². The highest BCUT2D eigenvalue weighted by Gasteiger charge is 1.91. The molecule has 0 aliphatic carbocycles. The Hall–Kier alpha value is -1.11. The van der Waals surface area contributed by atoms with Gasteiger partial charge in [0.25, 0.3) is 0 Å². The monoisotopic (exact) mass is 175 g/mol. The number of pyridine rings is 1. The number of rotatable bonds is 6. The fourth-order valence-electron chi connectivity index (χ4n) is 1.34. The van der Waals surface area contributed by atoms with Gasteiger partial charge in [-0.2, -0.15) is 0 Å². The summed E-state index contributed by atoms with van der Waals surface area (Å²) in [5, 5.41) is 0. The van der Waals surface area contributed by atoms with E-state index in [0.29, 0.717) is 0 Å². The summed E-state index contributed by atoms with van der Waals surface area (Å²) >= 11 is 0. The second-order valence-corrected chi connectivity index (χ2v) is 3.25. The molecule has 0 bridgehead atoms. The predicted molar refractivity (Wildman–Crippen MR) is 56.6 cm³/mol. The van der Waals surface area contributed by atoms with Gasteiger partial charge in [-0.15, -0.1) is 6.58 Å². The van der Waals surface area contributed by atoms with Crippen LogP contribution in [0.1, 0.15) is 31.2 Å². The number of unbranched alkanes of at least 4 members (excludes halogenated alkanes) is 3. The largest absolute Gasteiger partial charge is 0.264 e. The topological polar surface area (TPSA) is 12.9 Å². The Morgan fingerprint density at radius 1 is 1.31 bits per heavy atom. The van der Waals surface area contributed by atoms with Crippen molar-refractivity contribution in [1.29, 1.82) is 0 Å². The summed E-state index contributed by atoms with van der Waals surface area (Å²) in [6.45, 7) is 3.71. The fourth-order valence-corrected chi connectivity index (χ4v) is 1.34. The molecule has 0 aliphatic rings. The maximum atomic E-state index is 4.08. The third-order valence-electron chi connectivity index (χ3n) is 2.10. The van der Waals surface area contributed by atoms with E-state index in [2.05, 4.69) is 17.6 Å². The van der Waals surface area contributed by atoms with Crippen LogP contribution in [0.5, 0.6) is 0 Å². The van der Waals surface area contributed by atoms with Crippen LogP contribution in [-0.2, 0) is 6.42 Å². The molecule has 0 fully saturated rings. The standard InChI is InChI=1S/C12H17N/c1-2-3-4-5-6-8-12-9-7-10-13-11-12/h2,7,9-11H,1,3-6,8H2. The summed E-state index contributed by atoms with van der Waals surface area (Å²) in [6.07, 6.45) is 11.9. The summed E-state index contributed by atoms with van der Waals surface area (Å²) in [4.78, 5) is 4.08. The van der Waals surface area contributed by atoms with E-state index >= 15 is 0 Å². The van der Waals surface area contributed by atoms with Gasteiger partial charge in [0, 0.05) is 12.4 Å². The van der Waals surface area contributed by atoms with Crippen LogP contribution in [-0.4, -0.2) is 4.98 Å². The van der Waals surface area contributed by atoms with E-state index in [1.54, 1.807) is 0 Å². The smallest absolute Gasteiger partial charge is 0.0299 e. The van der Waals surface area contributed by atoms with Gasteiger partial charge in [-0.05, 0) is 37.3 Å². The van der Waals surface area contributed by atoms with Gasteiger partial charge in [0.2, 0.25) is 0 Å². The number of hydrogen-bond acceptors (Lipinski definition) is 1. The van der Waals surface area contributed by atoms with E-state index in [9.17, 15) is 0 Å². The zero-order valence-electron chi connectivity index (χ0n) is 8.08. The predicted octanol–water partition coefficient (Wildman–Crippen LogP) is 3.37. The molecule has 1 heteroatoms. The number of hydrogen-bond donors (Lipinski definition) is 0. The van der Waals surface area contributed by atoms with Crippen LogP contribution in [0.25, 0.3) is 0 Å². The molecule has 1 rings (SSSR count). The number of allylic oxidation sites excluding steroid dienone is 1. The van der Waals surface area contributed by atoms with Gasteiger partial charge in [0.05, 0.1) is 0 Å². The van der Waals surface area contributed by atoms with Crippen molar-refractivity contribution >= 4 is 0 Å². The molecule has 0 aromatic carbocycles. The van der Waals surface area contributed by atoms with Crippen molar-refractivity contribution in [3.05, 3.63) is 42.7 Å². The molecule has 0 radical (unpaired) electrons. The summed E-state index contributed by atoms with van der Waals surface area (Å²) in [6, 6.07) is 4.14. The average Bonchev–Trinajstić information content (AvgIpc) is 2.19. The highest BCUT2D eigenvalue weighted by molar-refractivity contribution is 5.08. The minimum atomic E-state index is 1.15. The van der Waals surface area contributed by atoms with Crippen LogP contribution in [0.15, 0.2) is 37.2 Å². The van der Waals surface area contributed by atoms with E-state index in [1.807, 2.05) is 24.5 Å². The number of nitrogens with zero attached hydrogens (tertiary/aromatic N) is 1. The minimum Gasteiger partial charge on any atom is -0.264 e. The zero-order valence-corrected chi connectivity index (χ0v) is 8.08. The Morgan fingerprint density at radius 3 is 2.92 bits per heavy atom. The van der Waals surface area contributed by atoms with Crippen LogP contribution >= 0.6 is 0 Å². The number of aryl methyl sites for hydroxylation is 1. The molecule has 1 aromatic heterocycles. The molecule has 0 unspecified atom stereocenters. The third kappa shape index (κ3) is 4.46. The summed E-state index contributed by atoms with van der Waals surface area (Å²) in [7, 11) is 0. The van der Waals surface area contributed by atoms with Crippen LogP contribution in [0.3, 0.4) is 0 Å². The van der Waals surface area contributed by atoms with Gasteiger partial charge in [-0.1, -0.05) is 18.6 Å². The lowest BCUT2D eigenvalue weighted by atomic mass is 10.1. The SMILES string of the molecule is C=CCCCCCc1cccnc1. The first-order valence-corrected chi connectivity index (χ1v) is 4.93. The molecule has 0 saturated heterocycles. The maximum Gasteiger partial charge on any atom is 0.0299 e. The minimum absolute atomic E-state index is 1.15. The van der Waals surface area contributed by atoms with E-state index in [-0.39, 0.29) is 0 Å². The first-order chi connectivity index (χ1) is 6.43. The molecule has 1 nitrogen and oxygen atoms in total. The highest BCUT2D eigenvalue weighted by Crippen LogP contribution is 2.06. The fraction of sp³-hybridized carbons (Fsp3) is 0.417. The second-order valence-electron chi connectivity index (χ2n) is 3.25. The molecule has 13 heavy (non-hydrogen) atoms. The van der Waals surface area contributed by atoms with Gasteiger partial charge in [-0.25, -0.2) is 0 Å². The van der Waals surface area contributed by atoms with E-state index in [0.717, 1.165) is 12.8 Å². The number of aromatic nitrogens is 1. The average molecular weight is 175 g/mol. The van der Waals surface area contributed by atoms with Crippen LogP contribution < -0.4 is 0 Å². The maximum absolute atomic E-state index is 4.08. The highest BCUT2D eigenvalue weighted by atomic mass is 14.6. The molecule has 0 saturated carbocycles. The molecule has 1 heterocycles. The third-order valence-corrected chi connectivity index (χ3v) is 2.10. The molecule has 0 N–H and O–H groups in total. The quantitative estimate of drug-likeness (QED) is 0.477. The lowest BCUT2D eigenvalue weighted by molar-refractivity contribution is 0.686. The lowest BCUT2D eigenvalue weighted by Gasteiger charge is -1.99. The first-order valence-electron chi connectivity index (χ1n) is 4.93. The van der Waals surface area contributed by atoms with Crippen molar-refractivity contribution in [2.75, 3.05) is 0 Å². The van der Waals surface area contributed by atoms with E-state index in [4.69, 9.17) is 0 Å². The Balaban J connectivity index is 2.10. The molecule has 0 amide bonds. The van der Waals surface area contributed by atoms with Crippen LogP contribution in [0, 0.1) is 0 Å². The molecular formula is C12H17N. The molecule has 70 valence electrons. The van der Waals surface area contributed by atoms with Crippen molar-refractivity contribution in [2.45, 2.75) is 32.1 Å². The van der Waals surface area contributed by atoms with Crippen molar-refractivity contribution in [3.8, 4) is 0 Å². The molecule has 1 aromatic rings. The molecule has 0 atom stereocenters. The van der Waals surface area contributed by atoms with Crippen LogP contribution in [0.4, 0.5) is 0 Å². The van der Waals surface area contributed by atoms with E-state index in [1.165, 1.54) is 24.8 Å². The van der Waals surface area contributed by atoms with Crippen molar-refractivity contribution in [3.63, 3.8) is 0 Å². The Kier molecular flexibility index (Phi) is 4.92. The van der Waals surface area contributed by atoms with Crippen molar-refractivity contribution < 1.29 is 0 Å². The summed E-state index contributed by atoms with van der Waals surface area (Å²) < 4.78 is 0. The van der Waals surface area contributed by atoms with Crippen molar-refractivity contribution in [1.82, 2.24) is 4.98 Å². The second kappa shape index (κ2) is 6.41. The van der Waals surface area contributed by atoms with Gasteiger partial charge in [-0.3, -0.25) is 4.98 Å². The Morgan fingerprint density at radius 2 is 2.23 bits per heavy atom. The Bertz CT molecular complexity index is 228. The summed E-state index contributed by atoms with van der Waals surface area (Å²) in [5.41, 5.74) is 1.35. The zero-order chi connectivity index (χ0) is 9.36. The molecule has 0 aliphatic heterocycles. The summed E-state index contributed by atoms with van der Waals surface area (Å²) in [5.74, 6) is 0. The van der Waals surface area contributed by atoms with Gasteiger partial charge in [0.15, 0.2) is 0 Å². The molecule has 0 spiro atoms. The normalized spacial score (nSPS) is 9.85. The first kappa shape index (κ1) is 9.97. The van der Waals surface area contributed by atoms with Crippen molar-refractivity contribution in [2.24, 2.45) is 0 Å². The van der Waals surface area contributed by atoms with E-state index < -0.39 is 0 Å².